The van der Waals surface area contributed by atoms with Crippen LogP contribution in [-0.4, -0.2) is 49.9 Å². The summed E-state index contributed by atoms with van der Waals surface area (Å²) in [7, 11) is -2.70. The molecule has 0 saturated carbocycles. The second-order valence-electron chi connectivity index (χ2n) is 11.2. The standard InChI is InChI=1S/C28H39NO4Si/c1-27(2,3)32-26(31)29-19-17-23(21-22(29)18-20-30)33-34(28(4,5)6,24-13-9-7-10-14-24)25-15-11-8-12-16-25/h7-16,20,22-23H,17-19,21H2,1-6H3/t22-,23-/m0/s1. The lowest BCUT2D eigenvalue weighted by Gasteiger charge is -2.48. The van der Waals surface area contributed by atoms with Gasteiger partial charge in [0.2, 0.25) is 0 Å². The molecule has 1 aliphatic rings. The minimum Gasteiger partial charge on any atom is -0.444 e. The van der Waals surface area contributed by atoms with Crippen LogP contribution >= 0.6 is 0 Å². The van der Waals surface area contributed by atoms with Crippen LogP contribution in [0.1, 0.15) is 60.8 Å². The minimum atomic E-state index is -2.70. The van der Waals surface area contributed by atoms with Crippen molar-refractivity contribution in [1.82, 2.24) is 4.90 Å². The lowest BCUT2D eigenvalue weighted by Crippen LogP contribution is -2.68. The van der Waals surface area contributed by atoms with Gasteiger partial charge in [0.15, 0.2) is 0 Å². The fourth-order valence-corrected chi connectivity index (χ4v) is 9.69. The van der Waals surface area contributed by atoms with E-state index in [1.54, 1.807) is 4.90 Å². The van der Waals surface area contributed by atoms with Crippen molar-refractivity contribution in [3.63, 3.8) is 0 Å². The van der Waals surface area contributed by atoms with Gasteiger partial charge in [-0.15, -0.1) is 0 Å². The summed E-state index contributed by atoms with van der Waals surface area (Å²) in [6.07, 6.45) is 2.08. The molecule has 34 heavy (non-hydrogen) atoms. The SMILES string of the molecule is CC(C)(C)OC(=O)N1CC[C@H](O[Si](c2ccccc2)(c2ccccc2)C(C)(C)C)C[C@@H]1CC=O. The van der Waals surface area contributed by atoms with Crippen LogP contribution in [-0.2, 0) is 14.0 Å². The van der Waals surface area contributed by atoms with E-state index in [-0.39, 0.29) is 29.7 Å². The number of rotatable bonds is 6. The molecule has 2 aromatic carbocycles. The predicted molar refractivity (Wildman–Crippen MR) is 139 cm³/mol. The molecule has 0 spiro atoms. The molecule has 1 saturated heterocycles. The van der Waals surface area contributed by atoms with Crippen molar-refractivity contribution >= 4 is 31.1 Å². The Morgan fingerprint density at radius 2 is 1.50 bits per heavy atom. The maximum Gasteiger partial charge on any atom is 0.410 e. The van der Waals surface area contributed by atoms with Crippen molar-refractivity contribution in [1.29, 1.82) is 0 Å². The summed E-state index contributed by atoms with van der Waals surface area (Å²) in [4.78, 5) is 26.1. The fourth-order valence-electron chi connectivity index (χ4n) is 4.96. The van der Waals surface area contributed by atoms with Crippen LogP contribution in [0.3, 0.4) is 0 Å². The monoisotopic (exact) mass is 481 g/mol. The molecule has 1 heterocycles. The van der Waals surface area contributed by atoms with Crippen molar-refractivity contribution < 1.29 is 18.8 Å². The fraction of sp³-hybridized carbons (Fsp3) is 0.500. The molecular weight excluding hydrogens is 442 g/mol. The molecule has 0 unspecified atom stereocenters. The molecule has 1 aliphatic heterocycles. The molecule has 184 valence electrons. The number of nitrogens with zero attached hydrogens (tertiary/aromatic N) is 1. The summed E-state index contributed by atoms with van der Waals surface area (Å²) < 4.78 is 12.9. The van der Waals surface area contributed by atoms with Crippen molar-refractivity contribution in [3.8, 4) is 0 Å². The smallest absolute Gasteiger partial charge is 0.410 e. The molecule has 1 amide bonds. The Morgan fingerprint density at radius 3 is 1.94 bits per heavy atom. The first kappa shape index (κ1) is 26.2. The number of amides is 1. The van der Waals surface area contributed by atoms with Crippen molar-refractivity contribution in [3.05, 3.63) is 60.7 Å². The zero-order valence-corrected chi connectivity index (χ0v) is 22.4. The van der Waals surface area contributed by atoms with E-state index in [2.05, 4.69) is 69.3 Å². The molecule has 0 bridgehead atoms. The number of carbonyl (C=O) groups excluding carboxylic acids is 2. The average molecular weight is 482 g/mol. The van der Waals surface area contributed by atoms with E-state index < -0.39 is 13.9 Å². The highest BCUT2D eigenvalue weighted by atomic mass is 28.4. The number of carbonyl (C=O) groups is 2. The Labute approximate surface area is 205 Å². The zero-order valence-electron chi connectivity index (χ0n) is 21.4. The molecule has 0 aromatic heterocycles. The van der Waals surface area contributed by atoms with Crippen LogP contribution in [0.25, 0.3) is 0 Å². The molecule has 0 radical (unpaired) electrons. The van der Waals surface area contributed by atoms with Gasteiger partial charge in [0, 0.05) is 25.1 Å². The average Bonchev–Trinajstić information content (AvgIpc) is 2.77. The van der Waals surface area contributed by atoms with E-state index in [9.17, 15) is 9.59 Å². The Kier molecular flexibility index (Phi) is 8.04. The van der Waals surface area contributed by atoms with Gasteiger partial charge >= 0.3 is 6.09 Å². The molecule has 0 N–H and O–H groups in total. The van der Waals surface area contributed by atoms with Crippen LogP contribution in [0.5, 0.6) is 0 Å². The summed E-state index contributed by atoms with van der Waals surface area (Å²) >= 11 is 0. The minimum absolute atomic E-state index is 0.0602. The van der Waals surface area contributed by atoms with E-state index in [0.29, 0.717) is 19.4 Å². The van der Waals surface area contributed by atoms with Gasteiger partial charge in [-0.2, -0.15) is 0 Å². The highest BCUT2D eigenvalue weighted by Crippen LogP contribution is 2.39. The quantitative estimate of drug-likeness (QED) is 0.434. The number of aldehydes is 1. The summed E-state index contributed by atoms with van der Waals surface area (Å²) in [6.45, 7) is 12.9. The van der Waals surface area contributed by atoms with Gasteiger partial charge in [-0.25, -0.2) is 4.79 Å². The Bertz CT molecular complexity index is 910. The predicted octanol–water partition coefficient (Wildman–Crippen LogP) is 4.92. The molecule has 6 heteroatoms. The van der Waals surface area contributed by atoms with Gasteiger partial charge in [-0.3, -0.25) is 0 Å². The molecule has 3 rings (SSSR count). The van der Waals surface area contributed by atoms with E-state index in [1.165, 1.54) is 10.4 Å². The second kappa shape index (κ2) is 10.4. The van der Waals surface area contributed by atoms with Gasteiger partial charge in [0.25, 0.3) is 8.32 Å². The normalized spacial score (nSPS) is 19.5. The Balaban J connectivity index is 1.96. The molecule has 0 aliphatic carbocycles. The largest absolute Gasteiger partial charge is 0.444 e. The van der Waals surface area contributed by atoms with E-state index in [1.807, 2.05) is 32.9 Å². The Hall–Kier alpha value is -2.44. The third-order valence-corrected chi connectivity index (χ3v) is 11.5. The van der Waals surface area contributed by atoms with E-state index in [4.69, 9.17) is 9.16 Å². The number of hydrogen-bond acceptors (Lipinski definition) is 4. The van der Waals surface area contributed by atoms with Gasteiger partial charge in [-0.05, 0) is 49.0 Å². The highest BCUT2D eigenvalue weighted by molar-refractivity contribution is 6.99. The lowest BCUT2D eigenvalue weighted by atomic mass is 9.98. The number of piperidine rings is 1. The number of likely N-dealkylation sites (tertiary alicyclic amines) is 1. The maximum absolute atomic E-state index is 12.8. The first-order valence-electron chi connectivity index (χ1n) is 12.2. The first-order chi connectivity index (χ1) is 16.0. The number of hydrogen-bond donors (Lipinski definition) is 0. The first-order valence-corrected chi connectivity index (χ1v) is 14.1. The van der Waals surface area contributed by atoms with Crippen LogP contribution in [0.15, 0.2) is 60.7 Å². The second-order valence-corrected chi connectivity index (χ2v) is 15.4. The maximum atomic E-state index is 12.8. The third-order valence-electron chi connectivity index (χ3n) is 6.42. The summed E-state index contributed by atoms with van der Waals surface area (Å²) in [6, 6.07) is 20.9. The molecule has 2 aromatic rings. The van der Waals surface area contributed by atoms with Gasteiger partial charge in [0.05, 0.1) is 0 Å². The highest BCUT2D eigenvalue weighted by Gasteiger charge is 2.52. The summed E-state index contributed by atoms with van der Waals surface area (Å²) in [5.74, 6) is 0. The van der Waals surface area contributed by atoms with Crippen LogP contribution < -0.4 is 10.4 Å². The lowest BCUT2D eigenvalue weighted by molar-refractivity contribution is -0.109. The van der Waals surface area contributed by atoms with Crippen molar-refractivity contribution in [2.45, 2.75) is 83.6 Å². The van der Waals surface area contributed by atoms with Crippen LogP contribution in [0.4, 0.5) is 4.79 Å². The topological polar surface area (TPSA) is 55.8 Å². The van der Waals surface area contributed by atoms with Crippen molar-refractivity contribution in [2.75, 3.05) is 6.54 Å². The number of benzene rings is 2. The van der Waals surface area contributed by atoms with Crippen LogP contribution in [0.2, 0.25) is 5.04 Å². The van der Waals surface area contributed by atoms with Gasteiger partial charge in [-0.1, -0.05) is 81.4 Å². The van der Waals surface area contributed by atoms with Crippen molar-refractivity contribution in [2.24, 2.45) is 0 Å². The van der Waals surface area contributed by atoms with Gasteiger partial charge in [0.1, 0.15) is 11.9 Å². The third kappa shape index (κ3) is 5.78. The summed E-state index contributed by atoms with van der Waals surface area (Å²) in [5, 5.41) is 2.34. The summed E-state index contributed by atoms with van der Waals surface area (Å²) in [5.41, 5.74) is -0.578. The molecular formula is C28H39NO4Si. The van der Waals surface area contributed by atoms with Gasteiger partial charge < -0.3 is 18.9 Å². The molecule has 5 nitrogen and oxygen atoms in total. The van der Waals surface area contributed by atoms with Crippen LogP contribution in [0, 0.1) is 0 Å². The Morgan fingerprint density at radius 1 is 0.971 bits per heavy atom. The molecule has 1 fully saturated rings. The van der Waals surface area contributed by atoms with E-state index in [0.717, 1.165) is 6.29 Å². The van der Waals surface area contributed by atoms with E-state index >= 15 is 0 Å². The zero-order chi connectivity index (χ0) is 25.0. The number of ether oxygens (including phenoxy) is 1. The molecule has 2 atom stereocenters.